The van der Waals surface area contributed by atoms with Crippen molar-refractivity contribution in [2.75, 3.05) is 13.2 Å². The maximum atomic E-state index is 13.4. The summed E-state index contributed by atoms with van der Waals surface area (Å²) in [4.78, 5) is 25.9. The Balaban J connectivity index is 1.28. The van der Waals surface area contributed by atoms with Gasteiger partial charge in [0.1, 0.15) is 19.5 Å². The molecule has 3 unspecified atom stereocenters. The van der Waals surface area contributed by atoms with E-state index in [1.165, 1.54) is 25.7 Å². The third kappa shape index (κ3) is 7.33. The minimum absolute atomic E-state index is 0.00716. The largest absolute Gasteiger partial charge is 0.486 e. The molecule has 2 aliphatic carbocycles. The lowest BCUT2D eigenvalue weighted by molar-refractivity contribution is -0.122. The van der Waals surface area contributed by atoms with Gasteiger partial charge in [-0.3, -0.25) is 4.79 Å². The van der Waals surface area contributed by atoms with Crippen LogP contribution >= 0.6 is 11.6 Å². The fourth-order valence-corrected chi connectivity index (χ4v) is 6.32. The summed E-state index contributed by atoms with van der Waals surface area (Å²) in [6.45, 7) is 1.02. The number of rotatable bonds is 9. The molecule has 0 spiro atoms. The van der Waals surface area contributed by atoms with Gasteiger partial charge in [-0.05, 0) is 65.6 Å². The summed E-state index contributed by atoms with van der Waals surface area (Å²) < 4.78 is 11.5. The molecule has 0 aromatic heterocycles. The van der Waals surface area contributed by atoms with Crippen molar-refractivity contribution in [1.29, 1.82) is 0 Å². The monoisotopic (exact) mass is 547 g/mol. The average Bonchev–Trinajstić information content (AvgIpc) is 3.22. The first-order valence-electron chi connectivity index (χ1n) is 14.4. The van der Waals surface area contributed by atoms with Gasteiger partial charge in [-0.1, -0.05) is 86.6 Å². The molecule has 0 bridgehead atoms. The molecule has 39 heavy (non-hydrogen) atoms. The van der Waals surface area contributed by atoms with Crippen molar-refractivity contribution >= 4 is 29.4 Å². The number of hydrogen-bond donors (Lipinski definition) is 1. The van der Waals surface area contributed by atoms with E-state index in [-0.39, 0.29) is 17.9 Å². The lowest BCUT2D eigenvalue weighted by atomic mass is 9.83. The fourth-order valence-electron chi connectivity index (χ4n) is 6.13. The zero-order valence-electron chi connectivity index (χ0n) is 22.4. The van der Waals surface area contributed by atoms with Crippen molar-refractivity contribution in [3.8, 4) is 11.5 Å². The van der Waals surface area contributed by atoms with Gasteiger partial charge in [0.2, 0.25) is 5.91 Å². The predicted octanol–water partition coefficient (Wildman–Crippen LogP) is 7.29. The molecule has 1 fully saturated rings. The number of ether oxygens (including phenoxy) is 2. The molecule has 3 atom stereocenters. The van der Waals surface area contributed by atoms with Crippen LogP contribution in [0.3, 0.4) is 0 Å². The van der Waals surface area contributed by atoms with Crippen molar-refractivity contribution in [2.24, 2.45) is 11.8 Å². The Bertz CT molecular complexity index is 1210. The SMILES string of the molecule is O=CC(c1ccc2c(c1)OCCO2)C(CC1CCCCCC1)NC(=O)CC1C=CC(c2cccc(Cl)c2)=CC1. The van der Waals surface area contributed by atoms with Crippen molar-refractivity contribution in [2.45, 2.75) is 69.7 Å². The summed E-state index contributed by atoms with van der Waals surface area (Å²) in [5.41, 5.74) is 3.07. The number of carbonyl (C=O) groups excluding carboxylic acids is 2. The van der Waals surface area contributed by atoms with Crippen LogP contribution < -0.4 is 14.8 Å². The Morgan fingerprint density at radius 3 is 2.54 bits per heavy atom. The van der Waals surface area contributed by atoms with Crippen LogP contribution in [0.4, 0.5) is 0 Å². The second kappa shape index (κ2) is 13.3. The van der Waals surface area contributed by atoms with E-state index in [4.69, 9.17) is 21.1 Å². The molecule has 1 amide bonds. The van der Waals surface area contributed by atoms with Crippen LogP contribution in [0, 0.1) is 11.8 Å². The van der Waals surface area contributed by atoms with E-state index in [2.05, 4.69) is 23.5 Å². The lowest BCUT2D eigenvalue weighted by Gasteiger charge is -2.30. The first-order chi connectivity index (χ1) is 19.1. The molecular weight excluding hydrogens is 510 g/mol. The highest BCUT2D eigenvalue weighted by molar-refractivity contribution is 6.30. The molecule has 6 heteroatoms. The predicted molar refractivity (Wildman–Crippen MR) is 155 cm³/mol. The molecule has 0 radical (unpaired) electrons. The van der Waals surface area contributed by atoms with Gasteiger partial charge in [-0.15, -0.1) is 0 Å². The number of amides is 1. The van der Waals surface area contributed by atoms with E-state index >= 15 is 0 Å². The van der Waals surface area contributed by atoms with Crippen LogP contribution in [0.5, 0.6) is 11.5 Å². The molecular formula is C33H38ClNO4. The minimum Gasteiger partial charge on any atom is -0.486 e. The standard InChI is InChI=1S/C33H38ClNO4/c34-28-9-5-8-26(20-28)25-12-10-24(11-13-25)19-33(37)35-30(18-23-6-3-1-2-4-7-23)29(22-36)27-14-15-31-32(21-27)39-17-16-38-31/h5,8-10,12-15,20-24,29-30H,1-4,6-7,11,16-19H2,(H,35,37). The van der Waals surface area contributed by atoms with Crippen molar-refractivity contribution < 1.29 is 19.1 Å². The highest BCUT2D eigenvalue weighted by Crippen LogP contribution is 2.36. The lowest BCUT2D eigenvalue weighted by Crippen LogP contribution is -2.42. The number of halogens is 1. The number of benzene rings is 2. The van der Waals surface area contributed by atoms with E-state index in [9.17, 15) is 9.59 Å². The number of fused-ring (bicyclic) bond motifs is 1. The van der Waals surface area contributed by atoms with Gasteiger partial charge in [-0.25, -0.2) is 0 Å². The van der Waals surface area contributed by atoms with Crippen LogP contribution in [0.15, 0.2) is 60.7 Å². The molecule has 1 heterocycles. The third-order valence-electron chi connectivity index (χ3n) is 8.23. The number of nitrogens with one attached hydrogen (secondary N) is 1. The van der Waals surface area contributed by atoms with E-state index in [1.807, 2.05) is 42.5 Å². The maximum Gasteiger partial charge on any atom is 0.220 e. The summed E-state index contributed by atoms with van der Waals surface area (Å²) in [6.07, 6.45) is 16.6. The fraction of sp³-hybridized carbons (Fsp3) is 0.455. The second-order valence-electron chi connectivity index (χ2n) is 11.1. The summed E-state index contributed by atoms with van der Waals surface area (Å²) in [6, 6.07) is 13.3. The van der Waals surface area contributed by atoms with Gasteiger partial charge in [-0.2, -0.15) is 0 Å². The third-order valence-corrected chi connectivity index (χ3v) is 8.47. The van der Waals surface area contributed by atoms with Crippen molar-refractivity contribution in [3.05, 3.63) is 76.8 Å². The highest BCUT2D eigenvalue weighted by atomic mass is 35.5. The molecule has 1 N–H and O–H groups in total. The Morgan fingerprint density at radius 1 is 1.03 bits per heavy atom. The second-order valence-corrected chi connectivity index (χ2v) is 11.5. The summed E-state index contributed by atoms with van der Waals surface area (Å²) >= 11 is 6.16. The van der Waals surface area contributed by atoms with Crippen molar-refractivity contribution in [1.82, 2.24) is 5.32 Å². The van der Waals surface area contributed by atoms with Gasteiger partial charge < -0.3 is 19.6 Å². The van der Waals surface area contributed by atoms with E-state index in [0.717, 1.165) is 48.7 Å². The molecule has 2 aromatic rings. The van der Waals surface area contributed by atoms with Crippen LogP contribution in [0.2, 0.25) is 5.02 Å². The van der Waals surface area contributed by atoms with Gasteiger partial charge >= 0.3 is 0 Å². The van der Waals surface area contributed by atoms with Crippen LogP contribution in [0.1, 0.15) is 74.8 Å². The number of hydrogen-bond acceptors (Lipinski definition) is 4. The van der Waals surface area contributed by atoms with Crippen LogP contribution in [-0.2, 0) is 9.59 Å². The highest BCUT2D eigenvalue weighted by Gasteiger charge is 2.30. The zero-order chi connectivity index (χ0) is 27.0. The molecule has 206 valence electrons. The van der Waals surface area contributed by atoms with E-state index in [0.29, 0.717) is 42.1 Å². The van der Waals surface area contributed by atoms with Gasteiger partial charge in [0, 0.05) is 17.5 Å². The summed E-state index contributed by atoms with van der Waals surface area (Å²) in [5, 5.41) is 4.01. The Labute approximate surface area is 236 Å². The molecule has 3 aliphatic rings. The van der Waals surface area contributed by atoms with E-state index in [1.54, 1.807) is 0 Å². The number of aldehydes is 1. The van der Waals surface area contributed by atoms with Gasteiger partial charge in [0.15, 0.2) is 11.5 Å². The summed E-state index contributed by atoms with van der Waals surface area (Å²) in [5.74, 6) is 1.55. The quantitative estimate of drug-likeness (QED) is 0.264. The Hall–Kier alpha value is -3.05. The average molecular weight is 548 g/mol. The topological polar surface area (TPSA) is 64.6 Å². The molecule has 1 saturated carbocycles. The molecule has 5 rings (SSSR count). The maximum absolute atomic E-state index is 13.4. The zero-order valence-corrected chi connectivity index (χ0v) is 23.2. The molecule has 5 nitrogen and oxygen atoms in total. The molecule has 2 aromatic carbocycles. The first kappa shape index (κ1) is 27.5. The number of carbonyl (C=O) groups is 2. The van der Waals surface area contributed by atoms with E-state index < -0.39 is 5.92 Å². The first-order valence-corrected chi connectivity index (χ1v) is 14.8. The molecule has 1 aliphatic heterocycles. The minimum atomic E-state index is -0.441. The van der Waals surface area contributed by atoms with Crippen LogP contribution in [0.25, 0.3) is 5.57 Å². The molecule has 0 saturated heterocycles. The van der Waals surface area contributed by atoms with Crippen LogP contribution in [-0.4, -0.2) is 31.4 Å². The summed E-state index contributed by atoms with van der Waals surface area (Å²) in [7, 11) is 0. The normalized spacial score (nSPS) is 20.8. The van der Waals surface area contributed by atoms with Gasteiger partial charge in [0.05, 0.1) is 5.92 Å². The van der Waals surface area contributed by atoms with Gasteiger partial charge in [0.25, 0.3) is 0 Å². The Morgan fingerprint density at radius 2 is 1.82 bits per heavy atom. The smallest absolute Gasteiger partial charge is 0.220 e. The van der Waals surface area contributed by atoms with Crippen molar-refractivity contribution in [3.63, 3.8) is 0 Å². The number of allylic oxidation sites excluding steroid dienone is 4. The Kier molecular flexibility index (Phi) is 9.41.